The lowest BCUT2D eigenvalue weighted by molar-refractivity contribution is -0.116. The molecule has 0 aromatic heterocycles. The average molecular weight is 420 g/mol. The maximum Gasteiger partial charge on any atom is 0.282 e. The van der Waals surface area contributed by atoms with Crippen molar-refractivity contribution in [1.82, 2.24) is 8.61 Å². The molecule has 156 valence electrons. The van der Waals surface area contributed by atoms with E-state index in [-0.39, 0.29) is 13.1 Å². The van der Waals surface area contributed by atoms with Crippen LogP contribution in [0.5, 0.6) is 11.5 Å². The van der Waals surface area contributed by atoms with E-state index in [4.69, 9.17) is 9.47 Å². The maximum absolute atomic E-state index is 13.0. The second kappa shape index (κ2) is 9.25. The first kappa shape index (κ1) is 21.1. The van der Waals surface area contributed by atoms with E-state index in [9.17, 15) is 13.2 Å². The zero-order chi connectivity index (χ0) is 20.9. The molecule has 3 rings (SSSR count). The molecule has 1 amide bonds. The van der Waals surface area contributed by atoms with Crippen LogP contribution in [0.2, 0.25) is 0 Å². The van der Waals surface area contributed by atoms with Gasteiger partial charge in [0.25, 0.3) is 10.2 Å². The van der Waals surface area contributed by atoms with Crippen molar-refractivity contribution >= 4 is 21.8 Å². The Morgan fingerprint density at radius 3 is 2.38 bits per heavy atom. The molecular weight excluding hydrogens is 394 g/mol. The lowest BCUT2D eigenvalue weighted by Crippen LogP contribution is -2.51. The zero-order valence-electron chi connectivity index (χ0n) is 16.5. The standard InChI is InChI=1S/C20H25N3O5S/c1-27-18-8-3-6-16(12-18)14-22-10-5-11-23(29(22,25)26)15-20(24)21-17-7-4-9-19(13-17)28-2/h3-4,6-9,12-13H,5,10-11,14-15H2,1-2H3,(H,21,24). The lowest BCUT2D eigenvalue weighted by Gasteiger charge is -2.34. The predicted octanol–water partition coefficient (Wildman–Crippen LogP) is 2.09. The van der Waals surface area contributed by atoms with Gasteiger partial charge in [-0.05, 0) is 36.2 Å². The van der Waals surface area contributed by atoms with E-state index < -0.39 is 16.1 Å². The van der Waals surface area contributed by atoms with Gasteiger partial charge in [0.2, 0.25) is 5.91 Å². The summed E-state index contributed by atoms with van der Waals surface area (Å²) in [6.07, 6.45) is 0.648. The third-order valence-corrected chi connectivity index (χ3v) is 6.56. The molecule has 0 saturated carbocycles. The minimum absolute atomic E-state index is 0.230. The van der Waals surface area contributed by atoms with Crippen LogP contribution in [-0.2, 0) is 21.5 Å². The van der Waals surface area contributed by atoms with Gasteiger partial charge in [-0.1, -0.05) is 18.2 Å². The minimum Gasteiger partial charge on any atom is -0.497 e. The molecule has 1 aliphatic rings. The normalized spacial score (nSPS) is 16.9. The highest BCUT2D eigenvalue weighted by Crippen LogP contribution is 2.22. The van der Waals surface area contributed by atoms with Gasteiger partial charge in [-0.15, -0.1) is 0 Å². The van der Waals surface area contributed by atoms with Gasteiger partial charge < -0.3 is 14.8 Å². The zero-order valence-corrected chi connectivity index (χ0v) is 17.3. The molecule has 29 heavy (non-hydrogen) atoms. The average Bonchev–Trinajstić information content (AvgIpc) is 2.71. The third-order valence-electron chi connectivity index (χ3n) is 4.63. The summed E-state index contributed by atoms with van der Waals surface area (Å²) in [7, 11) is -0.633. The number of nitrogens with one attached hydrogen (secondary N) is 1. The van der Waals surface area contributed by atoms with Crippen molar-refractivity contribution in [2.24, 2.45) is 0 Å². The van der Waals surface area contributed by atoms with Gasteiger partial charge >= 0.3 is 0 Å². The van der Waals surface area contributed by atoms with Crippen molar-refractivity contribution in [1.29, 1.82) is 0 Å². The molecule has 1 N–H and O–H groups in total. The fourth-order valence-corrected chi connectivity index (χ4v) is 4.81. The number of benzene rings is 2. The highest BCUT2D eigenvalue weighted by molar-refractivity contribution is 7.86. The number of carbonyl (C=O) groups is 1. The summed E-state index contributed by atoms with van der Waals surface area (Å²) in [4.78, 5) is 12.4. The Morgan fingerprint density at radius 1 is 1.00 bits per heavy atom. The topological polar surface area (TPSA) is 88.2 Å². The number of amides is 1. The molecule has 0 unspecified atom stereocenters. The van der Waals surface area contributed by atoms with Gasteiger partial charge in [-0.2, -0.15) is 17.0 Å². The van der Waals surface area contributed by atoms with Gasteiger partial charge in [-0.3, -0.25) is 4.79 Å². The Hall–Kier alpha value is -2.62. The maximum atomic E-state index is 13.0. The highest BCUT2D eigenvalue weighted by Gasteiger charge is 2.34. The largest absolute Gasteiger partial charge is 0.497 e. The summed E-state index contributed by atoms with van der Waals surface area (Å²) in [6.45, 7) is 0.706. The summed E-state index contributed by atoms with van der Waals surface area (Å²) in [5, 5.41) is 2.72. The lowest BCUT2D eigenvalue weighted by atomic mass is 10.2. The van der Waals surface area contributed by atoms with Crippen LogP contribution in [0.15, 0.2) is 48.5 Å². The molecule has 2 aromatic rings. The summed E-state index contributed by atoms with van der Waals surface area (Å²) < 4.78 is 38.9. The molecule has 0 atom stereocenters. The molecular formula is C20H25N3O5S. The van der Waals surface area contributed by atoms with E-state index in [1.807, 2.05) is 24.3 Å². The van der Waals surface area contributed by atoms with E-state index >= 15 is 0 Å². The molecule has 1 fully saturated rings. The first-order chi connectivity index (χ1) is 13.9. The van der Waals surface area contributed by atoms with Gasteiger partial charge in [0.05, 0.1) is 20.8 Å². The molecule has 9 heteroatoms. The predicted molar refractivity (Wildman–Crippen MR) is 110 cm³/mol. The molecule has 0 aliphatic carbocycles. The number of carbonyl (C=O) groups excluding carboxylic acids is 1. The van der Waals surface area contributed by atoms with Crippen LogP contribution >= 0.6 is 0 Å². The number of methoxy groups -OCH3 is 2. The Balaban J connectivity index is 1.67. The molecule has 0 radical (unpaired) electrons. The fourth-order valence-electron chi connectivity index (χ4n) is 3.17. The molecule has 1 heterocycles. The van der Waals surface area contributed by atoms with Crippen molar-refractivity contribution in [3.63, 3.8) is 0 Å². The summed E-state index contributed by atoms with van der Waals surface area (Å²) in [5.41, 5.74) is 1.38. The fraction of sp³-hybridized carbons (Fsp3) is 0.350. The number of hydrogen-bond donors (Lipinski definition) is 1. The van der Waals surface area contributed by atoms with Crippen LogP contribution in [0.4, 0.5) is 5.69 Å². The minimum atomic E-state index is -3.74. The first-order valence-electron chi connectivity index (χ1n) is 9.24. The van der Waals surface area contributed by atoms with Crippen molar-refractivity contribution in [2.75, 3.05) is 39.2 Å². The van der Waals surface area contributed by atoms with Crippen LogP contribution in [0.25, 0.3) is 0 Å². The third kappa shape index (κ3) is 5.26. The van der Waals surface area contributed by atoms with Crippen molar-refractivity contribution in [3.05, 3.63) is 54.1 Å². The van der Waals surface area contributed by atoms with Crippen molar-refractivity contribution < 1.29 is 22.7 Å². The molecule has 2 aromatic carbocycles. The molecule has 8 nitrogen and oxygen atoms in total. The van der Waals surface area contributed by atoms with Gasteiger partial charge in [0, 0.05) is 31.4 Å². The smallest absolute Gasteiger partial charge is 0.282 e. The van der Waals surface area contributed by atoms with Crippen LogP contribution in [-0.4, -0.2) is 56.8 Å². The first-order valence-corrected chi connectivity index (χ1v) is 10.6. The van der Waals surface area contributed by atoms with Crippen molar-refractivity contribution in [2.45, 2.75) is 13.0 Å². The quantitative estimate of drug-likeness (QED) is 0.743. The Kier molecular flexibility index (Phi) is 6.73. The Bertz CT molecular complexity index is 964. The van der Waals surface area contributed by atoms with E-state index in [0.717, 1.165) is 5.56 Å². The summed E-state index contributed by atoms with van der Waals surface area (Å²) >= 11 is 0. The van der Waals surface area contributed by atoms with Crippen LogP contribution < -0.4 is 14.8 Å². The van der Waals surface area contributed by atoms with E-state index in [1.54, 1.807) is 31.4 Å². The molecule has 1 aliphatic heterocycles. The SMILES string of the molecule is COc1cccc(CN2CCCN(CC(=O)Nc3cccc(OC)c3)S2(=O)=O)c1. The number of anilines is 1. The number of rotatable bonds is 7. The monoisotopic (exact) mass is 419 g/mol. The van der Waals surface area contributed by atoms with Crippen LogP contribution in [0.1, 0.15) is 12.0 Å². The summed E-state index contributed by atoms with van der Waals surface area (Å²) in [6, 6.07) is 14.2. The van der Waals surface area contributed by atoms with Crippen LogP contribution in [0, 0.1) is 0 Å². The van der Waals surface area contributed by atoms with Gasteiger partial charge in [-0.25, -0.2) is 0 Å². The van der Waals surface area contributed by atoms with Gasteiger partial charge in [0.1, 0.15) is 11.5 Å². The van der Waals surface area contributed by atoms with Crippen molar-refractivity contribution in [3.8, 4) is 11.5 Å². The van der Waals surface area contributed by atoms with E-state index in [2.05, 4.69) is 5.32 Å². The summed E-state index contributed by atoms with van der Waals surface area (Å²) in [5.74, 6) is 0.884. The second-order valence-corrected chi connectivity index (χ2v) is 8.59. The van der Waals surface area contributed by atoms with Crippen LogP contribution in [0.3, 0.4) is 0 Å². The highest BCUT2D eigenvalue weighted by atomic mass is 32.2. The van der Waals surface area contributed by atoms with E-state index in [0.29, 0.717) is 36.7 Å². The number of nitrogens with zero attached hydrogens (tertiary/aromatic N) is 2. The number of hydrogen-bond acceptors (Lipinski definition) is 5. The second-order valence-electron chi connectivity index (χ2n) is 6.66. The Morgan fingerprint density at radius 2 is 1.66 bits per heavy atom. The van der Waals surface area contributed by atoms with E-state index in [1.165, 1.54) is 15.7 Å². The number of ether oxygens (including phenoxy) is 2. The Labute approximate surface area is 171 Å². The molecule has 0 bridgehead atoms. The molecule has 1 saturated heterocycles. The molecule has 0 spiro atoms. The van der Waals surface area contributed by atoms with Gasteiger partial charge in [0.15, 0.2) is 0 Å².